The molecule has 21 heavy (non-hydrogen) atoms. The van der Waals surface area contributed by atoms with Crippen LogP contribution in [0.3, 0.4) is 0 Å². The Kier molecular flexibility index (Phi) is 3.92. The lowest BCUT2D eigenvalue weighted by molar-refractivity contribution is 0.313. The minimum Gasteiger partial charge on any atom is -0.464 e. The summed E-state index contributed by atoms with van der Waals surface area (Å²) in [7, 11) is 0. The SMILES string of the molecule is CCOc1nc(-c2ccccc2)cc(-c2ccccc2)n1. The van der Waals surface area contributed by atoms with Crippen LogP contribution in [-0.2, 0) is 0 Å². The minimum absolute atomic E-state index is 0.415. The predicted molar refractivity (Wildman–Crippen MR) is 84.1 cm³/mol. The number of rotatable bonds is 4. The summed E-state index contributed by atoms with van der Waals surface area (Å²) >= 11 is 0. The number of benzene rings is 2. The molecule has 0 fully saturated rings. The maximum absolute atomic E-state index is 5.51. The molecule has 0 aliphatic rings. The van der Waals surface area contributed by atoms with Gasteiger partial charge in [-0.25, -0.2) is 0 Å². The van der Waals surface area contributed by atoms with Gasteiger partial charge in [0.2, 0.25) is 0 Å². The number of hydrogen-bond acceptors (Lipinski definition) is 3. The van der Waals surface area contributed by atoms with Crippen LogP contribution in [0.1, 0.15) is 6.92 Å². The van der Waals surface area contributed by atoms with E-state index in [1.165, 1.54) is 0 Å². The molecule has 0 N–H and O–H groups in total. The zero-order valence-electron chi connectivity index (χ0n) is 11.9. The number of aromatic nitrogens is 2. The first-order valence-electron chi connectivity index (χ1n) is 6.99. The zero-order chi connectivity index (χ0) is 14.5. The monoisotopic (exact) mass is 276 g/mol. The van der Waals surface area contributed by atoms with Crippen LogP contribution in [0.4, 0.5) is 0 Å². The summed E-state index contributed by atoms with van der Waals surface area (Å²) in [6, 6.07) is 22.5. The molecule has 0 radical (unpaired) electrons. The Labute approximate surface area is 124 Å². The van der Waals surface area contributed by atoms with Gasteiger partial charge in [-0.2, -0.15) is 9.97 Å². The van der Waals surface area contributed by atoms with Gasteiger partial charge in [-0.3, -0.25) is 0 Å². The molecule has 1 aromatic heterocycles. The van der Waals surface area contributed by atoms with E-state index in [1.54, 1.807) is 0 Å². The smallest absolute Gasteiger partial charge is 0.317 e. The third-order valence-corrected chi connectivity index (χ3v) is 3.12. The largest absolute Gasteiger partial charge is 0.464 e. The molecule has 0 saturated heterocycles. The standard InChI is InChI=1S/C18H16N2O/c1-2-21-18-19-16(14-9-5-3-6-10-14)13-17(20-18)15-11-7-4-8-12-15/h3-13H,2H2,1H3. The maximum atomic E-state index is 5.51. The van der Waals surface area contributed by atoms with E-state index in [1.807, 2.05) is 73.7 Å². The average molecular weight is 276 g/mol. The predicted octanol–water partition coefficient (Wildman–Crippen LogP) is 4.21. The highest BCUT2D eigenvalue weighted by Gasteiger charge is 2.08. The number of hydrogen-bond donors (Lipinski definition) is 0. The minimum atomic E-state index is 0.415. The first-order valence-corrected chi connectivity index (χ1v) is 6.99. The molecule has 104 valence electrons. The number of ether oxygens (including phenoxy) is 1. The fraction of sp³-hybridized carbons (Fsp3) is 0.111. The van der Waals surface area contributed by atoms with E-state index in [9.17, 15) is 0 Å². The van der Waals surface area contributed by atoms with Gasteiger partial charge < -0.3 is 4.74 Å². The van der Waals surface area contributed by atoms with Crippen LogP contribution in [-0.4, -0.2) is 16.6 Å². The molecule has 0 atom stereocenters. The lowest BCUT2D eigenvalue weighted by atomic mass is 10.1. The first-order chi connectivity index (χ1) is 10.4. The van der Waals surface area contributed by atoms with E-state index in [0.717, 1.165) is 22.5 Å². The molecule has 3 nitrogen and oxygen atoms in total. The Morgan fingerprint density at radius 2 is 1.24 bits per heavy atom. The molecule has 1 heterocycles. The van der Waals surface area contributed by atoms with Gasteiger partial charge in [0.05, 0.1) is 18.0 Å². The van der Waals surface area contributed by atoms with Crippen LogP contribution < -0.4 is 4.74 Å². The van der Waals surface area contributed by atoms with Crippen LogP contribution in [0.15, 0.2) is 66.7 Å². The summed E-state index contributed by atoms with van der Waals surface area (Å²) in [5.74, 6) is 0. The molecule has 0 bridgehead atoms. The van der Waals surface area contributed by atoms with Crippen LogP contribution in [0.5, 0.6) is 6.01 Å². The fourth-order valence-corrected chi connectivity index (χ4v) is 2.13. The lowest BCUT2D eigenvalue weighted by Gasteiger charge is -2.08. The first kappa shape index (κ1) is 13.3. The highest BCUT2D eigenvalue weighted by molar-refractivity contribution is 5.68. The van der Waals surface area contributed by atoms with Crippen molar-refractivity contribution in [3.8, 4) is 28.5 Å². The van der Waals surface area contributed by atoms with Crippen LogP contribution >= 0.6 is 0 Å². The van der Waals surface area contributed by atoms with Crippen molar-refractivity contribution in [2.45, 2.75) is 6.92 Å². The normalized spacial score (nSPS) is 10.3. The summed E-state index contributed by atoms with van der Waals surface area (Å²) < 4.78 is 5.51. The second kappa shape index (κ2) is 6.18. The Morgan fingerprint density at radius 1 is 0.762 bits per heavy atom. The summed E-state index contributed by atoms with van der Waals surface area (Å²) in [4.78, 5) is 8.97. The van der Waals surface area contributed by atoms with Gasteiger partial charge >= 0.3 is 6.01 Å². The maximum Gasteiger partial charge on any atom is 0.317 e. The van der Waals surface area contributed by atoms with E-state index < -0.39 is 0 Å². The molecule has 0 aliphatic heterocycles. The van der Waals surface area contributed by atoms with Gasteiger partial charge in [0.25, 0.3) is 0 Å². The van der Waals surface area contributed by atoms with E-state index in [-0.39, 0.29) is 0 Å². The van der Waals surface area contributed by atoms with Gasteiger partial charge in [0, 0.05) is 11.1 Å². The summed E-state index contributed by atoms with van der Waals surface area (Å²) in [6.07, 6.45) is 0. The van der Waals surface area contributed by atoms with E-state index >= 15 is 0 Å². The Bertz CT molecular complexity index is 654. The third kappa shape index (κ3) is 3.08. The second-order valence-electron chi connectivity index (χ2n) is 4.59. The molecule has 0 aliphatic carbocycles. The molecule has 0 unspecified atom stereocenters. The Hall–Kier alpha value is -2.68. The second-order valence-corrected chi connectivity index (χ2v) is 4.59. The zero-order valence-corrected chi connectivity index (χ0v) is 11.9. The Balaban J connectivity index is 2.11. The van der Waals surface area contributed by atoms with Crippen molar-refractivity contribution < 1.29 is 4.74 Å². The third-order valence-electron chi connectivity index (χ3n) is 3.12. The van der Waals surface area contributed by atoms with Gasteiger partial charge in [-0.1, -0.05) is 60.7 Å². The van der Waals surface area contributed by atoms with Crippen LogP contribution in [0.2, 0.25) is 0 Å². The molecule has 2 aromatic carbocycles. The van der Waals surface area contributed by atoms with Crippen molar-refractivity contribution in [3.05, 3.63) is 66.7 Å². The quantitative estimate of drug-likeness (QED) is 0.716. The summed E-state index contributed by atoms with van der Waals surface area (Å²) in [6.45, 7) is 2.48. The van der Waals surface area contributed by atoms with Crippen molar-refractivity contribution in [2.24, 2.45) is 0 Å². The van der Waals surface area contributed by atoms with Crippen molar-refractivity contribution >= 4 is 0 Å². The van der Waals surface area contributed by atoms with E-state index in [4.69, 9.17) is 4.74 Å². The molecule has 3 heteroatoms. The molecule has 3 aromatic rings. The van der Waals surface area contributed by atoms with Crippen molar-refractivity contribution in [3.63, 3.8) is 0 Å². The van der Waals surface area contributed by atoms with Gasteiger partial charge in [-0.15, -0.1) is 0 Å². The Morgan fingerprint density at radius 3 is 1.67 bits per heavy atom. The topological polar surface area (TPSA) is 35.0 Å². The number of nitrogens with zero attached hydrogens (tertiary/aromatic N) is 2. The van der Waals surface area contributed by atoms with Gasteiger partial charge in [0.1, 0.15) is 0 Å². The molecular weight excluding hydrogens is 260 g/mol. The van der Waals surface area contributed by atoms with Gasteiger partial charge in [0.15, 0.2) is 0 Å². The molecule has 3 rings (SSSR count). The van der Waals surface area contributed by atoms with Crippen LogP contribution in [0.25, 0.3) is 22.5 Å². The highest BCUT2D eigenvalue weighted by atomic mass is 16.5. The highest BCUT2D eigenvalue weighted by Crippen LogP contribution is 2.25. The van der Waals surface area contributed by atoms with Gasteiger partial charge in [-0.05, 0) is 13.0 Å². The lowest BCUT2D eigenvalue weighted by Crippen LogP contribution is -2.00. The average Bonchev–Trinajstić information content (AvgIpc) is 2.56. The fourth-order valence-electron chi connectivity index (χ4n) is 2.13. The van der Waals surface area contributed by atoms with Crippen molar-refractivity contribution in [1.29, 1.82) is 0 Å². The van der Waals surface area contributed by atoms with E-state index in [2.05, 4.69) is 9.97 Å². The van der Waals surface area contributed by atoms with Crippen LogP contribution in [0, 0.1) is 0 Å². The van der Waals surface area contributed by atoms with Crippen molar-refractivity contribution in [1.82, 2.24) is 9.97 Å². The molecule has 0 saturated carbocycles. The summed E-state index contributed by atoms with van der Waals surface area (Å²) in [5.41, 5.74) is 3.84. The molecule has 0 spiro atoms. The van der Waals surface area contributed by atoms with Crippen molar-refractivity contribution in [2.75, 3.05) is 6.61 Å². The van der Waals surface area contributed by atoms with E-state index in [0.29, 0.717) is 12.6 Å². The summed E-state index contributed by atoms with van der Waals surface area (Å²) in [5, 5.41) is 0. The molecular formula is C18H16N2O. The molecule has 0 amide bonds.